The smallest absolute Gasteiger partial charge is 0.236 e. The van der Waals surface area contributed by atoms with Gasteiger partial charge in [-0.3, -0.25) is 4.79 Å². The van der Waals surface area contributed by atoms with Gasteiger partial charge in [-0.05, 0) is 12.5 Å². The number of ether oxygens (including phenoxy) is 1. The van der Waals surface area contributed by atoms with E-state index in [1.54, 1.807) is 4.90 Å². The van der Waals surface area contributed by atoms with Gasteiger partial charge in [0, 0.05) is 6.54 Å². The third-order valence-corrected chi connectivity index (χ3v) is 2.96. The molecular weight excluding hydrogens is 252 g/mol. The Hall–Kier alpha value is -1.10. The van der Waals surface area contributed by atoms with E-state index in [0.29, 0.717) is 13.1 Å². The zero-order chi connectivity index (χ0) is 12.3. The molecule has 2 rings (SSSR count). The van der Waals surface area contributed by atoms with E-state index in [4.69, 9.17) is 10.5 Å². The van der Waals surface area contributed by atoms with Crippen LogP contribution in [0.25, 0.3) is 0 Å². The summed E-state index contributed by atoms with van der Waals surface area (Å²) in [4.78, 5) is 13.4. The Morgan fingerprint density at radius 3 is 2.67 bits per heavy atom. The van der Waals surface area contributed by atoms with E-state index in [9.17, 15) is 4.79 Å². The lowest BCUT2D eigenvalue weighted by atomic mass is 10.1. The van der Waals surface area contributed by atoms with Crippen LogP contribution in [0.5, 0.6) is 0 Å². The molecule has 5 heteroatoms. The topological polar surface area (TPSA) is 55.6 Å². The van der Waals surface area contributed by atoms with Crippen LogP contribution in [-0.2, 0) is 9.53 Å². The molecular formula is C13H19ClN2O2. The Morgan fingerprint density at radius 1 is 1.39 bits per heavy atom. The summed E-state index contributed by atoms with van der Waals surface area (Å²) in [6, 6.07) is 9.97. The molecule has 1 fully saturated rings. The minimum atomic E-state index is -0.0459. The van der Waals surface area contributed by atoms with E-state index >= 15 is 0 Å². The summed E-state index contributed by atoms with van der Waals surface area (Å²) in [7, 11) is 0. The third kappa shape index (κ3) is 3.45. The second-order valence-corrected chi connectivity index (χ2v) is 4.35. The lowest BCUT2D eigenvalue weighted by molar-refractivity contribution is -0.143. The summed E-state index contributed by atoms with van der Waals surface area (Å²) in [6.07, 6.45) is -0.0000869. The molecule has 100 valence electrons. The summed E-state index contributed by atoms with van der Waals surface area (Å²) in [6.45, 7) is 3.25. The number of benzene rings is 1. The zero-order valence-electron chi connectivity index (χ0n) is 10.4. The minimum absolute atomic E-state index is 0. The fourth-order valence-electron chi connectivity index (χ4n) is 2.14. The Morgan fingerprint density at radius 2 is 2.06 bits per heavy atom. The van der Waals surface area contributed by atoms with E-state index in [-0.39, 0.29) is 37.1 Å². The van der Waals surface area contributed by atoms with Crippen molar-refractivity contribution in [1.29, 1.82) is 0 Å². The molecule has 1 aromatic carbocycles. The summed E-state index contributed by atoms with van der Waals surface area (Å²) in [5, 5.41) is 0. The predicted molar refractivity (Wildman–Crippen MR) is 72.6 cm³/mol. The summed E-state index contributed by atoms with van der Waals surface area (Å²) < 4.78 is 5.86. The lowest BCUT2D eigenvalue weighted by Crippen LogP contribution is -2.47. The summed E-state index contributed by atoms with van der Waals surface area (Å²) in [5.41, 5.74) is 6.51. The molecule has 0 aromatic heterocycles. The number of amides is 1. The first-order valence-electron chi connectivity index (χ1n) is 5.89. The first-order chi connectivity index (χ1) is 8.20. The molecule has 1 amide bonds. The molecule has 1 aromatic rings. The van der Waals surface area contributed by atoms with E-state index in [1.807, 2.05) is 37.3 Å². The molecule has 1 saturated heterocycles. The number of hydrogen-bond acceptors (Lipinski definition) is 3. The molecule has 18 heavy (non-hydrogen) atoms. The Labute approximate surface area is 114 Å². The predicted octanol–water partition coefficient (Wildman–Crippen LogP) is 1.36. The van der Waals surface area contributed by atoms with Gasteiger partial charge in [-0.1, -0.05) is 30.3 Å². The number of nitrogens with zero attached hydrogens (tertiary/aromatic N) is 1. The maximum atomic E-state index is 11.6. The average molecular weight is 271 g/mol. The van der Waals surface area contributed by atoms with Gasteiger partial charge in [0.05, 0.1) is 19.2 Å². The highest BCUT2D eigenvalue weighted by Crippen LogP contribution is 2.24. The van der Waals surface area contributed by atoms with E-state index in [1.165, 1.54) is 0 Å². The molecule has 2 atom stereocenters. The minimum Gasteiger partial charge on any atom is -0.367 e. The summed E-state index contributed by atoms with van der Waals surface area (Å²) >= 11 is 0. The fourth-order valence-corrected chi connectivity index (χ4v) is 2.14. The van der Waals surface area contributed by atoms with Crippen molar-refractivity contribution in [2.75, 3.05) is 19.6 Å². The molecule has 4 nitrogen and oxygen atoms in total. The molecule has 0 saturated carbocycles. The number of rotatable bonds is 2. The number of carbonyl (C=O) groups is 1. The standard InChI is InChI=1S/C13H18N2O2.ClH/c1-10-8-15(13(16)7-14)9-12(17-10)11-5-3-2-4-6-11;/h2-6,10,12H,7-9,14H2,1H3;1H. The van der Waals surface area contributed by atoms with Gasteiger partial charge in [0.25, 0.3) is 0 Å². The molecule has 0 aliphatic carbocycles. The van der Waals surface area contributed by atoms with Crippen LogP contribution in [0.2, 0.25) is 0 Å². The molecule has 1 aliphatic heterocycles. The highest BCUT2D eigenvalue weighted by Gasteiger charge is 2.28. The van der Waals surface area contributed by atoms with Crippen LogP contribution in [0.4, 0.5) is 0 Å². The highest BCUT2D eigenvalue weighted by molar-refractivity contribution is 5.85. The molecule has 0 radical (unpaired) electrons. The van der Waals surface area contributed by atoms with Gasteiger partial charge in [0.1, 0.15) is 6.10 Å². The van der Waals surface area contributed by atoms with Crippen LogP contribution < -0.4 is 5.73 Å². The van der Waals surface area contributed by atoms with Gasteiger partial charge in [-0.25, -0.2) is 0 Å². The van der Waals surface area contributed by atoms with E-state index < -0.39 is 0 Å². The molecule has 1 aliphatic rings. The Bertz CT molecular complexity index is 386. The first-order valence-corrected chi connectivity index (χ1v) is 5.89. The number of carbonyl (C=O) groups excluding carboxylic acids is 1. The fraction of sp³-hybridized carbons (Fsp3) is 0.462. The van der Waals surface area contributed by atoms with Crippen molar-refractivity contribution in [3.05, 3.63) is 35.9 Å². The molecule has 0 bridgehead atoms. The zero-order valence-corrected chi connectivity index (χ0v) is 11.2. The Balaban J connectivity index is 0.00000162. The van der Waals surface area contributed by atoms with Crippen LogP contribution in [-0.4, -0.2) is 36.5 Å². The monoisotopic (exact) mass is 270 g/mol. The average Bonchev–Trinajstić information content (AvgIpc) is 2.38. The van der Waals surface area contributed by atoms with Gasteiger partial charge in [0.2, 0.25) is 5.91 Å². The summed E-state index contributed by atoms with van der Waals surface area (Å²) in [5.74, 6) is -0.0129. The van der Waals surface area contributed by atoms with Gasteiger partial charge < -0.3 is 15.4 Å². The van der Waals surface area contributed by atoms with Crippen molar-refractivity contribution in [1.82, 2.24) is 4.90 Å². The van der Waals surface area contributed by atoms with E-state index in [2.05, 4.69) is 0 Å². The van der Waals surface area contributed by atoms with Gasteiger partial charge in [-0.15, -0.1) is 12.4 Å². The van der Waals surface area contributed by atoms with Crippen LogP contribution >= 0.6 is 12.4 Å². The SMILES string of the molecule is CC1CN(C(=O)CN)CC(c2ccccc2)O1.Cl. The maximum Gasteiger partial charge on any atom is 0.236 e. The third-order valence-electron chi connectivity index (χ3n) is 2.96. The molecule has 0 spiro atoms. The van der Waals surface area contributed by atoms with Crippen LogP contribution in [0.3, 0.4) is 0 Å². The quantitative estimate of drug-likeness (QED) is 0.883. The first kappa shape index (κ1) is 15.0. The normalized spacial score (nSPS) is 23.3. The van der Waals surface area contributed by atoms with Crippen molar-refractivity contribution >= 4 is 18.3 Å². The second-order valence-electron chi connectivity index (χ2n) is 4.35. The number of halogens is 1. The van der Waals surface area contributed by atoms with Gasteiger partial charge >= 0.3 is 0 Å². The lowest BCUT2D eigenvalue weighted by Gasteiger charge is -2.36. The molecule has 2 N–H and O–H groups in total. The van der Waals surface area contributed by atoms with Crippen LogP contribution in [0, 0.1) is 0 Å². The number of morpholine rings is 1. The molecule has 2 unspecified atom stereocenters. The van der Waals surface area contributed by atoms with Crippen LogP contribution in [0.15, 0.2) is 30.3 Å². The van der Waals surface area contributed by atoms with Crippen molar-refractivity contribution in [2.45, 2.75) is 19.1 Å². The van der Waals surface area contributed by atoms with Crippen molar-refractivity contribution in [3.8, 4) is 0 Å². The second kappa shape index (κ2) is 6.73. The number of nitrogens with two attached hydrogens (primary N) is 1. The van der Waals surface area contributed by atoms with Gasteiger partial charge in [0.15, 0.2) is 0 Å². The van der Waals surface area contributed by atoms with Crippen LogP contribution in [0.1, 0.15) is 18.6 Å². The maximum absolute atomic E-state index is 11.6. The largest absolute Gasteiger partial charge is 0.367 e. The van der Waals surface area contributed by atoms with Crippen molar-refractivity contribution in [2.24, 2.45) is 5.73 Å². The van der Waals surface area contributed by atoms with E-state index in [0.717, 1.165) is 5.56 Å². The highest BCUT2D eigenvalue weighted by atomic mass is 35.5. The van der Waals surface area contributed by atoms with Gasteiger partial charge in [-0.2, -0.15) is 0 Å². The van der Waals surface area contributed by atoms with Crippen molar-refractivity contribution in [3.63, 3.8) is 0 Å². The van der Waals surface area contributed by atoms with Crippen molar-refractivity contribution < 1.29 is 9.53 Å². The number of hydrogen-bond donors (Lipinski definition) is 1. The Kier molecular flexibility index (Phi) is 5.59. The molecule has 1 heterocycles.